The van der Waals surface area contributed by atoms with E-state index in [-0.39, 0.29) is 5.69 Å². The van der Waals surface area contributed by atoms with Gasteiger partial charge in [0.2, 0.25) is 0 Å². The highest BCUT2D eigenvalue weighted by Gasteiger charge is 2.26. The van der Waals surface area contributed by atoms with Gasteiger partial charge in [0.15, 0.2) is 12.5 Å². The maximum absolute atomic E-state index is 10.7. The Morgan fingerprint density at radius 3 is 2.93 bits per heavy atom. The molecule has 1 aromatic carbocycles. The van der Waals surface area contributed by atoms with Crippen LogP contribution in [0.5, 0.6) is 0 Å². The maximum atomic E-state index is 10.7. The molecule has 0 saturated carbocycles. The molecule has 1 unspecified atom stereocenters. The number of non-ortho nitro benzene ring substituents is 1. The smallest absolute Gasteiger partial charge is 0.271 e. The standard InChI is InChI=1S/C9H9N3O3/c1-11-8-4-6(12(14)15)2-3-7(8)10-9(11)5-13/h2-5,9-10H,1H3. The molecule has 0 aliphatic carbocycles. The summed E-state index contributed by atoms with van der Waals surface area (Å²) in [4.78, 5) is 22.4. The van der Waals surface area contributed by atoms with Crippen molar-refractivity contribution in [1.29, 1.82) is 0 Å². The lowest BCUT2D eigenvalue weighted by molar-refractivity contribution is -0.384. The monoisotopic (exact) mass is 207 g/mol. The van der Waals surface area contributed by atoms with E-state index in [9.17, 15) is 14.9 Å². The van der Waals surface area contributed by atoms with Crippen LogP contribution in [0, 0.1) is 10.1 Å². The topological polar surface area (TPSA) is 75.5 Å². The number of nitrogens with zero attached hydrogens (tertiary/aromatic N) is 2. The zero-order valence-corrected chi connectivity index (χ0v) is 8.01. The normalized spacial score (nSPS) is 18.2. The van der Waals surface area contributed by atoms with Gasteiger partial charge < -0.3 is 10.2 Å². The first-order chi connectivity index (χ1) is 7.13. The quantitative estimate of drug-likeness (QED) is 0.444. The number of hydrogen-bond acceptors (Lipinski definition) is 5. The van der Waals surface area contributed by atoms with Crippen molar-refractivity contribution in [2.75, 3.05) is 17.3 Å². The van der Waals surface area contributed by atoms with Gasteiger partial charge in [-0.15, -0.1) is 0 Å². The molecule has 1 heterocycles. The minimum Gasteiger partial charge on any atom is -0.358 e. The Morgan fingerprint density at radius 2 is 2.33 bits per heavy atom. The van der Waals surface area contributed by atoms with Gasteiger partial charge in [-0.05, 0) is 6.07 Å². The third-order valence-electron chi connectivity index (χ3n) is 2.42. The van der Waals surface area contributed by atoms with Gasteiger partial charge in [-0.3, -0.25) is 14.9 Å². The zero-order valence-electron chi connectivity index (χ0n) is 8.01. The minimum atomic E-state index is -0.456. The summed E-state index contributed by atoms with van der Waals surface area (Å²) in [5.74, 6) is 0. The van der Waals surface area contributed by atoms with Gasteiger partial charge in [-0.2, -0.15) is 0 Å². The number of rotatable bonds is 2. The Labute approximate surface area is 85.6 Å². The van der Waals surface area contributed by atoms with Crippen LogP contribution < -0.4 is 10.2 Å². The second-order valence-corrected chi connectivity index (χ2v) is 3.29. The van der Waals surface area contributed by atoms with Crippen LogP contribution in [0.25, 0.3) is 0 Å². The van der Waals surface area contributed by atoms with Gasteiger partial charge >= 0.3 is 0 Å². The summed E-state index contributed by atoms with van der Waals surface area (Å²) in [6.45, 7) is 0. The number of likely N-dealkylation sites (N-methyl/N-ethyl adjacent to an activating group) is 1. The van der Waals surface area contributed by atoms with Crippen LogP contribution in [0.2, 0.25) is 0 Å². The molecule has 1 atom stereocenters. The van der Waals surface area contributed by atoms with E-state index in [1.54, 1.807) is 18.0 Å². The molecule has 0 saturated heterocycles. The van der Waals surface area contributed by atoms with Crippen molar-refractivity contribution in [1.82, 2.24) is 0 Å². The van der Waals surface area contributed by atoms with Crippen LogP contribution in [0.4, 0.5) is 17.1 Å². The summed E-state index contributed by atoms with van der Waals surface area (Å²) in [7, 11) is 1.71. The fourth-order valence-electron chi connectivity index (χ4n) is 1.58. The van der Waals surface area contributed by atoms with Crippen LogP contribution in [0.1, 0.15) is 0 Å². The molecule has 15 heavy (non-hydrogen) atoms. The minimum absolute atomic E-state index is 0.0222. The number of nitrogens with one attached hydrogen (secondary N) is 1. The number of nitro benzene ring substituents is 1. The number of fused-ring (bicyclic) bond motifs is 1. The van der Waals surface area contributed by atoms with E-state index >= 15 is 0 Å². The van der Waals surface area contributed by atoms with E-state index in [1.165, 1.54) is 12.1 Å². The molecule has 78 valence electrons. The van der Waals surface area contributed by atoms with Gasteiger partial charge in [-0.25, -0.2) is 0 Å². The number of hydrogen-bond donors (Lipinski definition) is 1. The molecule has 0 bridgehead atoms. The molecule has 6 heteroatoms. The first kappa shape index (κ1) is 9.45. The molecule has 1 aliphatic heterocycles. The summed E-state index contributed by atoms with van der Waals surface area (Å²) in [6, 6.07) is 4.46. The Kier molecular flexibility index (Phi) is 2.03. The summed E-state index contributed by atoms with van der Waals surface area (Å²) in [5, 5.41) is 13.5. The lowest BCUT2D eigenvalue weighted by Crippen LogP contribution is -2.33. The molecule has 2 rings (SSSR count). The van der Waals surface area contributed by atoms with Crippen molar-refractivity contribution in [2.24, 2.45) is 0 Å². The number of anilines is 2. The second-order valence-electron chi connectivity index (χ2n) is 3.29. The van der Waals surface area contributed by atoms with Crippen molar-refractivity contribution >= 4 is 23.3 Å². The van der Waals surface area contributed by atoms with E-state index < -0.39 is 11.1 Å². The molecule has 0 aromatic heterocycles. The summed E-state index contributed by atoms with van der Waals surface area (Å²) in [5.41, 5.74) is 1.43. The number of nitro groups is 1. The average Bonchev–Trinajstić information content (AvgIpc) is 2.55. The number of carbonyl (C=O) groups is 1. The highest BCUT2D eigenvalue weighted by Crippen LogP contribution is 2.35. The predicted octanol–water partition coefficient (Wildman–Crippen LogP) is 0.981. The number of carbonyl (C=O) groups excluding carboxylic acids is 1. The first-order valence-electron chi connectivity index (χ1n) is 4.36. The van der Waals surface area contributed by atoms with E-state index in [0.29, 0.717) is 5.69 Å². The molecular formula is C9H9N3O3. The van der Waals surface area contributed by atoms with Gasteiger partial charge in [0, 0.05) is 19.2 Å². The third kappa shape index (κ3) is 1.39. The highest BCUT2D eigenvalue weighted by molar-refractivity contribution is 5.85. The lowest BCUT2D eigenvalue weighted by atomic mass is 10.2. The Hall–Kier alpha value is -2.11. The fraction of sp³-hybridized carbons (Fsp3) is 0.222. The van der Waals surface area contributed by atoms with Crippen LogP contribution in [0.15, 0.2) is 18.2 Å². The Morgan fingerprint density at radius 1 is 1.60 bits per heavy atom. The molecular weight excluding hydrogens is 198 g/mol. The van der Waals surface area contributed by atoms with E-state index in [0.717, 1.165) is 12.0 Å². The second kappa shape index (κ2) is 3.23. The van der Waals surface area contributed by atoms with Gasteiger partial charge in [0.05, 0.1) is 16.3 Å². The van der Waals surface area contributed by atoms with Gasteiger partial charge in [0.25, 0.3) is 5.69 Å². The van der Waals surface area contributed by atoms with Gasteiger partial charge in [0.1, 0.15) is 0 Å². The predicted molar refractivity (Wildman–Crippen MR) is 55.0 cm³/mol. The van der Waals surface area contributed by atoms with Crippen molar-refractivity contribution in [3.63, 3.8) is 0 Å². The lowest BCUT2D eigenvalue weighted by Gasteiger charge is -2.15. The summed E-state index contributed by atoms with van der Waals surface area (Å²) < 4.78 is 0. The van der Waals surface area contributed by atoms with E-state index in [1.807, 2.05) is 0 Å². The van der Waals surface area contributed by atoms with Crippen molar-refractivity contribution < 1.29 is 9.72 Å². The summed E-state index contributed by atoms with van der Waals surface area (Å²) in [6.07, 6.45) is 0.313. The van der Waals surface area contributed by atoms with E-state index in [2.05, 4.69) is 5.32 Å². The summed E-state index contributed by atoms with van der Waals surface area (Å²) >= 11 is 0. The number of benzene rings is 1. The number of aldehydes is 1. The SMILES string of the molecule is CN1c2cc([N+](=O)[O-])ccc2NC1C=O. The van der Waals surface area contributed by atoms with Gasteiger partial charge in [-0.1, -0.05) is 0 Å². The molecule has 1 aromatic rings. The van der Waals surface area contributed by atoms with Crippen molar-refractivity contribution in [2.45, 2.75) is 6.17 Å². The molecule has 1 N–H and O–H groups in total. The highest BCUT2D eigenvalue weighted by atomic mass is 16.6. The Bertz CT molecular complexity index is 433. The molecule has 0 radical (unpaired) electrons. The maximum Gasteiger partial charge on any atom is 0.271 e. The van der Waals surface area contributed by atoms with Crippen LogP contribution in [-0.4, -0.2) is 24.4 Å². The molecule has 0 spiro atoms. The van der Waals surface area contributed by atoms with E-state index in [4.69, 9.17) is 0 Å². The molecule has 0 amide bonds. The zero-order chi connectivity index (χ0) is 11.0. The van der Waals surface area contributed by atoms with Crippen LogP contribution in [-0.2, 0) is 4.79 Å². The van der Waals surface area contributed by atoms with Crippen molar-refractivity contribution in [3.05, 3.63) is 28.3 Å². The average molecular weight is 207 g/mol. The van der Waals surface area contributed by atoms with Crippen molar-refractivity contribution in [3.8, 4) is 0 Å². The van der Waals surface area contributed by atoms with Crippen LogP contribution >= 0.6 is 0 Å². The Balaban J connectivity index is 2.43. The fourth-order valence-corrected chi connectivity index (χ4v) is 1.58. The molecule has 6 nitrogen and oxygen atoms in total. The largest absolute Gasteiger partial charge is 0.358 e. The molecule has 1 aliphatic rings. The molecule has 0 fully saturated rings. The van der Waals surface area contributed by atoms with Crippen LogP contribution in [0.3, 0.4) is 0 Å². The third-order valence-corrected chi connectivity index (χ3v) is 2.42. The first-order valence-corrected chi connectivity index (χ1v) is 4.36.